The molecule has 1 amide bonds. The molecule has 12 heteroatoms. The number of aromatic nitrogens is 2. The van der Waals surface area contributed by atoms with Crippen LogP contribution >= 0.6 is 0 Å². The molecular weight excluding hydrogens is 610 g/mol. The van der Waals surface area contributed by atoms with Crippen LogP contribution in [0.1, 0.15) is 82.7 Å². The highest BCUT2D eigenvalue weighted by Crippen LogP contribution is 2.34. The van der Waals surface area contributed by atoms with Crippen molar-refractivity contribution in [2.75, 3.05) is 31.8 Å². The van der Waals surface area contributed by atoms with Crippen molar-refractivity contribution in [1.82, 2.24) is 14.5 Å². The minimum Gasteiger partial charge on any atom is -0.494 e. The number of carbonyl (C=O) groups excluding carboxylic acids is 1. The normalized spacial score (nSPS) is 16.7. The molecule has 2 unspecified atom stereocenters. The number of carbonyl (C=O) groups is 1. The van der Waals surface area contributed by atoms with Gasteiger partial charge in [0.2, 0.25) is 5.91 Å². The second-order valence-electron chi connectivity index (χ2n) is 11.1. The summed E-state index contributed by atoms with van der Waals surface area (Å²) in [6, 6.07) is 7.80. The van der Waals surface area contributed by atoms with Gasteiger partial charge < -0.3 is 14.2 Å². The summed E-state index contributed by atoms with van der Waals surface area (Å²) < 4.78 is 77.6. The van der Waals surface area contributed by atoms with Crippen molar-refractivity contribution < 1.29 is 35.5 Å². The maximum absolute atomic E-state index is 12.5. The summed E-state index contributed by atoms with van der Waals surface area (Å²) in [6.45, 7) is 10.5. The number of ether oxygens (including phenoxy) is 1. The zero-order valence-corrected chi connectivity index (χ0v) is 28.0. The third-order valence-corrected chi connectivity index (χ3v) is 9.54. The van der Waals surface area contributed by atoms with Crippen LogP contribution in [0.3, 0.4) is 0 Å². The molecule has 1 aliphatic heterocycles. The van der Waals surface area contributed by atoms with E-state index < -0.39 is 21.9 Å². The Balaban J connectivity index is 0.000000454. The smallest absolute Gasteiger partial charge is 0.395 e. The largest absolute Gasteiger partial charge is 0.494 e. The van der Waals surface area contributed by atoms with Crippen LogP contribution in [-0.4, -0.2) is 66.8 Å². The molecule has 2 aromatic rings. The first kappa shape index (κ1) is 38.0. The lowest BCUT2D eigenvalue weighted by atomic mass is 9.95. The zero-order chi connectivity index (χ0) is 33.8. The Morgan fingerprint density at radius 2 is 1.82 bits per heavy atom. The lowest BCUT2D eigenvalue weighted by Crippen LogP contribution is -2.36. The highest BCUT2D eigenvalue weighted by atomic mass is 32.2. The van der Waals surface area contributed by atoms with E-state index in [9.17, 15) is 30.8 Å². The topological polar surface area (TPSA) is 81.5 Å². The van der Waals surface area contributed by atoms with Crippen LogP contribution in [-0.2, 0) is 34.0 Å². The highest BCUT2D eigenvalue weighted by Gasteiger charge is 2.38. The van der Waals surface area contributed by atoms with Crippen LogP contribution in [0.15, 0.2) is 48.1 Å². The molecule has 7 nitrogen and oxygen atoms in total. The summed E-state index contributed by atoms with van der Waals surface area (Å²) >= 11 is 0. The van der Waals surface area contributed by atoms with Crippen molar-refractivity contribution in [3.8, 4) is 5.75 Å². The van der Waals surface area contributed by atoms with Crippen LogP contribution in [0.25, 0.3) is 0 Å². The van der Waals surface area contributed by atoms with Crippen LogP contribution in [0.5, 0.6) is 5.75 Å². The van der Waals surface area contributed by atoms with Crippen LogP contribution < -0.4 is 4.74 Å². The van der Waals surface area contributed by atoms with Gasteiger partial charge in [-0.3, -0.25) is 9.18 Å². The molecule has 45 heavy (non-hydrogen) atoms. The average Bonchev–Trinajstić information content (AvgIpc) is 3.37. The van der Waals surface area contributed by atoms with Gasteiger partial charge in [0.05, 0.1) is 37.2 Å². The fraction of sp³-hybridized carbons (Fsp3) is 0.576. The van der Waals surface area contributed by atoms with Crippen molar-refractivity contribution in [1.29, 1.82) is 0 Å². The Morgan fingerprint density at radius 1 is 1.16 bits per heavy atom. The third kappa shape index (κ3) is 11.3. The van der Waals surface area contributed by atoms with Crippen LogP contribution in [0.4, 0.5) is 17.6 Å². The van der Waals surface area contributed by atoms with Gasteiger partial charge in [-0.05, 0) is 57.7 Å². The molecule has 2 atom stereocenters. The van der Waals surface area contributed by atoms with E-state index in [1.807, 2.05) is 26.0 Å². The van der Waals surface area contributed by atoms with Gasteiger partial charge in [-0.15, -0.1) is 0 Å². The Bertz CT molecular complexity index is 1400. The number of hydrogen-bond donors (Lipinski definition) is 0. The van der Waals surface area contributed by atoms with Crippen molar-refractivity contribution in [3.63, 3.8) is 0 Å². The SMILES string of the molecule is CC1=CC=CC(C(F)(F)F)C1.CCOc1ccc(Cc2c(C(C)N(CCS(=O)(=O)CC)C(C)=O)nc3n2CCCC3)cc1.CF. The minimum atomic E-state index is -4.08. The molecule has 0 N–H and O–H groups in total. The number of alkyl halides is 4. The van der Waals surface area contributed by atoms with E-state index in [1.165, 1.54) is 19.1 Å². The molecule has 0 fully saturated rings. The number of amides is 1. The summed E-state index contributed by atoms with van der Waals surface area (Å²) in [7, 11) is -2.66. The van der Waals surface area contributed by atoms with E-state index in [0.717, 1.165) is 59.9 Å². The molecule has 2 aliphatic rings. The second kappa shape index (κ2) is 17.5. The van der Waals surface area contributed by atoms with Gasteiger partial charge in [-0.1, -0.05) is 42.9 Å². The Hall–Kier alpha value is -3.15. The van der Waals surface area contributed by atoms with E-state index in [-0.39, 0.29) is 36.4 Å². The van der Waals surface area contributed by atoms with Gasteiger partial charge in [0.25, 0.3) is 0 Å². The Labute approximate surface area is 265 Å². The molecule has 0 saturated heterocycles. The van der Waals surface area contributed by atoms with Crippen molar-refractivity contribution in [3.05, 3.63) is 70.8 Å². The number of rotatable bonds is 10. The first-order chi connectivity index (χ1) is 21.3. The van der Waals surface area contributed by atoms with Crippen LogP contribution in [0, 0.1) is 5.92 Å². The molecule has 4 rings (SSSR count). The van der Waals surface area contributed by atoms with Gasteiger partial charge in [-0.2, -0.15) is 13.2 Å². The number of benzene rings is 1. The summed E-state index contributed by atoms with van der Waals surface area (Å²) in [5, 5.41) is 0. The molecule has 1 aliphatic carbocycles. The van der Waals surface area contributed by atoms with Gasteiger partial charge in [0.15, 0.2) is 9.84 Å². The molecule has 252 valence electrons. The lowest BCUT2D eigenvalue weighted by molar-refractivity contribution is -0.160. The zero-order valence-electron chi connectivity index (χ0n) is 27.2. The Morgan fingerprint density at radius 3 is 2.36 bits per heavy atom. The lowest BCUT2D eigenvalue weighted by Gasteiger charge is -2.28. The molecule has 0 bridgehead atoms. The number of sulfone groups is 1. The Kier molecular flexibility index (Phi) is 14.8. The maximum atomic E-state index is 12.5. The summed E-state index contributed by atoms with van der Waals surface area (Å²) in [5.74, 6) is 0.544. The number of aryl methyl sites for hydroxylation is 1. The third-order valence-electron chi connectivity index (χ3n) is 7.86. The second-order valence-corrected chi connectivity index (χ2v) is 13.6. The summed E-state index contributed by atoms with van der Waals surface area (Å²) in [5.41, 5.74) is 3.92. The van der Waals surface area contributed by atoms with Crippen LogP contribution in [0.2, 0.25) is 0 Å². The van der Waals surface area contributed by atoms with Crippen molar-refractivity contribution in [2.45, 2.75) is 85.5 Å². The standard InChI is InChI=1S/C24H35N3O4S.C8H9F3.CH3F/c1-5-31-21-12-10-20(11-13-21)17-22-24(25-23-9-7-8-14-27(22)23)18(3)26(19(4)28)15-16-32(29,30)6-2;1-6-3-2-4-7(5-6)8(9,10)11;1-2/h10-13,18H,5-9,14-17H2,1-4H3;2-4,7H,5H2,1H3;1H3. The van der Waals surface area contributed by atoms with Crippen molar-refractivity contribution in [2.24, 2.45) is 5.92 Å². The quantitative estimate of drug-likeness (QED) is 0.252. The molecule has 0 saturated carbocycles. The minimum absolute atomic E-state index is 0.0325. The number of allylic oxidation sites excluding steroid dienone is 4. The molecule has 0 spiro atoms. The number of halogens is 4. The number of imidazole rings is 1. The first-order valence-electron chi connectivity index (χ1n) is 15.3. The molecule has 0 radical (unpaired) electrons. The number of hydrogen-bond acceptors (Lipinski definition) is 5. The van der Waals surface area contributed by atoms with E-state index >= 15 is 0 Å². The van der Waals surface area contributed by atoms with E-state index in [4.69, 9.17) is 9.72 Å². The molecule has 1 aromatic carbocycles. The molecular formula is C33H47F4N3O4S. The maximum Gasteiger partial charge on any atom is 0.395 e. The van der Waals surface area contributed by atoms with Crippen molar-refractivity contribution >= 4 is 15.7 Å². The van der Waals surface area contributed by atoms with Gasteiger partial charge in [0, 0.05) is 44.3 Å². The monoisotopic (exact) mass is 657 g/mol. The summed E-state index contributed by atoms with van der Waals surface area (Å²) in [6.07, 6.45) is 4.26. The van der Waals surface area contributed by atoms with Gasteiger partial charge >= 0.3 is 6.18 Å². The molecule has 2 heterocycles. The average molecular weight is 658 g/mol. The first-order valence-corrected chi connectivity index (χ1v) is 17.1. The highest BCUT2D eigenvalue weighted by molar-refractivity contribution is 7.91. The fourth-order valence-electron chi connectivity index (χ4n) is 5.36. The molecule has 1 aromatic heterocycles. The summed E-state index contributed by atoms with van der Waals surface area (Å²) in [4.78, 5) is 19.1. The fourth-order valence-corrected chi connectivity index (χ4v) is 6.13. The van der Waals surface area contributed by atoms with E-state index in [2.05, 4.69) is 16.7 Å². The van der Waals surface area contributed by atoms with Gasteiger partial charge in [0.1, 0.15) is 11.6 Å². The van der Waals surface area contributed by atoms with Gasteiger partial charge in [-0.25, -0.2) is 13.4 Å². The number of fused-ring (bicyclic) bond motifs is 1. The van der Waals surface area contributed by atoms with E-state index in [0.29, 0.717) is 20.2 Å². The van der Waals surface area contributed by atoms with E-state index in [1.54, 1.807) is 24.8 Å². The number of nitrogens with zero attached hydrogens (tertiary/aromatic N) is 3. The predicted octanol–water partition coefficient (Wildman–Crippen LogP) is 7.21. The predicted molar refractivity (Wildman–Crippen MR) is 170 cm³/mol.